The molecule has 0 aromatic carbocycles. The molecule has 0 N–H and O–H groups in total. The summed E-state index contributed by atoms with van der Waals surface area (Å²) in [6.07, 6.45) is 9.07. The van der Waals surface area contributed by atoms with E-state index in [-0.39, 0.29) is 0 Å². The Balaban J connectivity index is 1.32. The minimum atomic E-state index is 0.610. The van der Waals surface area contributed by atoms with Crippen molar-refractivity contribution in [1.29, 1.82) is 0 Å². The van der Waals surface area contributed by atoms with Gasteiger partial charge in [0.25, 0.3) is 0 Å². The molecule has 0 aliphatic rings. The summed E-state index contributed by atoms with van der Waals surface area (Å²) < 4.78 is 7.41. The Hall–Kier alpha value is -2.67. The third-order valence-corrected chi connectivity index (χ3v) is 4.63. The standard InChI is InChI=1S/C17H15N5OS/c1-2-10-22-14(4-1)12-19-17(22)24-11-3-5-15-20-16(21-23-15)13-6-8-18-9-7-13/h1-2,4,6-10,12H,3,5,11H2. The average Bonchev–Trinajstić information content (AvgIpc) is 3.27. The van der Waals surface area contributed by atoms with E-state index < -0.39 is 0 Å². The van der Waals surface area contributed by atoms with Crippen LogP contribution in [0.5, 0.6) is 0 Å². The van der Waals surface area contributed by atoms with Crippen molar-refractivity contribution in [2.24, 2.45) is 0 Å². The second-order valence-electron chi connectivity index (χ2n) is 5.24. The minimum absolute atomic E-state index is 0.610. The van der Waals surface area contributed by atoms with Gasteiger partial charge in [0.15, 0.2) is 5.16 Å². The molecule has 0 bridgehead atoms. The van der Waals surface area contributed by atoms with Crippen molar-refractivity contribution in [3.63, 3.8) is 0 Å². The lowest BCUT2D eigenvalue weighted by molar-refractivity contribution is 0.378. The molecule has 0 saturated heterocycles. The van der Waals surface area contributed by atoms with Crippen molar-refractivity contribution >= 4 is 17.3 Å². The average molecular weight is 337 g/mol. The Bertz CT molecular complexity index is 934. The van der Waals surface area contributed by atoms with Crippen LogP contribution in [0.4, 0.5) is 0 Å². The molecular weight excluding hydrogens is 322 g/mol. The van der Waals surface area contributed by atoms with Gasteiger partial charge in [-0.15, -0.1) is 0 Å². The van der Waals surface area contributed by atoms with Crippen LogP contribution in [0.3, 0.4) is 0 Å². The molecule has 4 aromatic rings. The lowest BCUT2D eigenvalue weighted by atomic mass is 10.2. The summed E-state index contributed by atoms with van der Waals surface area (Å²) in [5, 5.41) is 5.03. The van der Waals surface area contributed by atoms with E-state index in [9.17, 15) is 0 Å². The molecule has 0 atom stereocenters. The first-order valence-corrected chi connectivity index (χ1v) is 8.66. The number of thioether (sulfide) groups is 1. The van der Waals surface area contributed by atoms with Crippen molar-refractivity contribution in [2.75, 3.05) is 5.75 Å². The Labute approximate surface area is 143 Å². The highest BCUT2D eigenvalue weighted by atomic mass is 32.2. The number of imidazole rings is 1. The lowest BCUT2D eigenvalue weighted by Crippen LogP contribution is -1.91. The first-order valence-electron chi connectivity index (χ1n) is 7.68. The molecule has 0 unspecified atom stereocenters. The molecule has 4 aromatic heterocycles. The second-order valence-corrected chi connectivity index (χ2v) is 6.30. The van der Waals surface area contributed by atoms with E-state index in [1.807, 2.05) is 36.7 Å². The van der Waals surface area contributed by atoms with E-state index in [0.717, 1.165) is 34.8 Å². The molecule has 0 spiro atoms. The number of hydrogen-bond donors (Lipinski definition) is 0. The van der Waals surface area contributed by atoms with Crippen LogP contribution < -0.4 is 0 Å². The molecule has 0 amide bonds. The van der Waals surface area contributed by atoms with Crippen LogP contribution in [0.1, 0.15) is 12.3 Å². The van der Waals surface area contributed by atoms with Gasteiger partial charge in [0, 0.05) is 36.3 Å². The maximum absolute atomic E-state index is 5.31. The molecule has 6 nitrogen and oxygen atoms in total. The minimum Gasteiger partial charge on any atom is -0.339 e. The number of aromatic nitrogens is 5. The number of hydrogen-bond acceptors (Lipinski definition) is 6. The molecule has 4 heterocycles. The number of fused-ring (bicyclic) bond motifs is 1. The van der Waals surface area contributed by atoms with E-state index in [4.69, 9.17) is 4.52 Å². The van der Waals surface area contributed by atoms with E-state index in [2.05, 4.69) is 30.6 Å². The van der Waals surface area contributed by atoms with Gasteiger partial charge in [-0.2, -0.15) is 4.98 Å². The van der Waals surface area contributed by atoms with Gasteiger partial charge < -0.3 is 4.52 Å². The van der Waals surface area contributed by atoms with E-state index in [1.165, 1.54) is 0 Å². The van der Waals surface area contributed by atoms with Crippen LogP contribution >= 0.6 is 11.8 Å². The lowest BCUT2D eigenvalue weighted by Gasteiger charge is -1.99. The van der Waals surface area contributed by atoms with Crippen molar-refractivity contribution in [3.05, 3.63) is 61.0 Å². The molecule has 0 saturated carbocycles. The van der Waals surface area contributed by atoms with Gasteiger partial charge >= 0.3 is 0 Å². The van der Waals surface area contributed by atoms with Crippen LogP contribution in [0.2, 0.25) is 0 Å². The molecule has 0 aliphatic carbocycles. The van der Waals surface area contributed by atoms with Gasteiger partial charge in [0.2, 0.25) is 11.7 Å². The summed E-state index contributed by atoms with van der Waals surface area (Å²) in [6.45, 7) is 0. The maximum Gasteiger partial charge on any atom is 0.226 e. The number of nitrogens with zero attached hydrogens (tertiary/aromatic N) is 5. The van der Waals surface area contributed by atoms with Crippen LogP contribution in [-0.2, 0) is 6.42 Å². The summed E-state index contributed by atoms with van der Waals surface area (Å²) >= 11 is 1.73. The normalized spacial score (nSPS) is 11.2. The first-order chi connectivity index (χ1) is 11.9. The monoisotopic (exact) mass is 337 g/mol. The third-order valence-electron chi connectivity index (χ3n) is 3.58. The van der Waals surface area contributed by atoms with Gasteiger partial charge in [0.05, 0.1) is 11.7 Å². The summed E-state index contributed by atoms with van der Waals surface area (Å²) in [5.74, 6) is 2.22. The van der Waals surface area contributed by atoms with Crippen molar-refractivity contribution in [1.82, 2.24) is 24.5 Å². The van der Waals surface area contributed by atoms with Crippen molar-refractivity contribution < 1.29 is 4.52 Å². The molecular formula is C17H15N5OS. The Morgan fingerprint density at radius 1 is 1.12 bits per heavy atom. The predicted octanol–water partition coefficient (Wildman–Crippen LogP) is 3.50. The highest BCUT2D eigenvalue weighted by Gasteiger charge is 2.09. The molecule has 0 aliphatic heterocycles. The predicted molar refractivity (Wildman–Crippen MR) is 91.8 cm³/mol. The smallest absolute Gasteiger partial charge is 0.226 e. The van der Waals surface area contributed by atoms with Crippen molar-refractivity contribution in [2.45, 2.75) is 18.0 Å². The SMILES string of the molecule is c1ccn2c(SCCCc3nc(-c4ccncc4)no3)ncc2c1. The first kappa shape index (κ1) is 14.9. The summed E-state index contributed by atoms with van der Waals surface area (Å²) in [5.41, 5.74) is 2.03. The summed E-state index contributed by atoms with van der Waals surface area (Å²) in [4.78, 5) is 12.9. The third kappa shape index (κ3) is 3.16. The number of aryl methyl sites for hydroxylation is 1. The highest BCUT2D eigenvalue weighted by Crippen LogP contribution is 2.20. The molecule has 24 heavy (non-hydrogen) atoms. The highest BCUT2D eigenvalue weighted by molar-refractivity contribution is 7.99. The van der Waals surface area contributed by atoms with Crippen LogP contribution in [-0.4, -0.2) is 30.3 Å². The molecule has 0 radical (unpaired) electrons. The Morgan fingerprint density at radius 2 is 2.04 bits per heavy atom. The van der Waals surface area contributed by atoms with Crippen LogP contribution in [0, 0.1) is 0 Å². The van der Waals surface area contributed by atoms with Gasteiger partial charge in [-0.05, 0) is 30.7 Å². The Morgan fingerprint density at radius 3 is 2.96 bits per heavy atom. The van der Waals surface area contributed by atoms with Gasteiger partial charge in [-0.1, -0.05) is 23.0 Å². The second kappa shape index (κ2) is 6.84. The summed E-state index contributed by atoms with van der Waals surface area (Å²) in [6, 6.07) is 9.82. The van der Waals surface area contributed by atoms with E-state index in [0.29, 0.717) is 11.7 Å². The Kier molecular flexibility index (Phi) is 4.24. The zero-order valence-corrected chi connectivity index (χ0v) is 13.7. The fraction of sp³-hybridized carbons (Fsp3) is 0.176. The van der Waals surface area contributed by atoms with E-state index in [1.54, 1.807) is 24.2 Å². The number of rotatable bonds is 6. The van der Waals surface area contributed by atoms with Crippen LogP contribution in [0.15, 0.2) is 64.8 Å². The zero-order chi connectivity index (χ0) is 16.2. The fourth-order valence-electron chi connectivity index (χ4n) is 2.39. The van der Waals surface area contributed by atoms with E-state index >= 15 is 0 Å². The fourth-order valence-corrected chi connectivity index (χ4v) is 3.29. The molecule has 4 rings (SSSR count). The quantitative estimate of drug-likeness (QED) is 0.396. The largest absolute Gasteiger partial charge is 0.339 e. The van der Waals surface area contributed by atoms with Crippen molar-refractivity contribution in [3.8, 4) is 11.4 Å². The molecule has 120 valence electrons. The topological polar surface area (TPSA) is 69.1 Å². The van der Waals surface area contributed by atoms with Gasteiger partial charge in [0.1, 0.15) is 0 Å². The van der Waals surface area contributed by atoms with Crippen LogP contribution in [0.25, 0.3) is 16.9 Å². The zero-order valence-electron chi connectivity index (χ0n) is 12.9. The maximum atomic E-state index is 5.31. The summed E-state index contributed by atoms with van der Waals surface area (Å²) in [7, 11) is 0. The number of pyridine rings is 2. The van der Waals surface area contributed by atoms with Gasteiger partial charge in [-0.25, -0.2) is 4.98 Å². The molecule has 7 heteroatoms. The van der Waals surface area contributed by atoms with Gasteiger partial charge in [-0.3, -0.25) is 9.38 Å². The molecule has 0 fully saturated rings.